The summed E-state index contributed by atoms with van der Waals surface area (Å²) in [5.41, 5.74) is -0.655. The van der Waals surface area contributed by atoms with Crippen molar-refractivity contribution in [2.75, 3.05) is 26.3 Å². The summed E-state index contributed by atoms with van der Waals surface area (Å²) in [5.74, 6) is -1.90. The Labute approximate surface area is 210 Å². The maximum Gasteiger partial charge on any atom is 0.317 e. The number of aliphatic carboxylic acids is 1. The van der Waals surface area contributed by atoms with E-state index in [9.17, 15) is 23.5 Å². The summed E-state index contributed by atoms with van der Waals surface area (Å²) in [4.78, 5) is 25.6. The predicted molar refractivity (Wildman–Crippen MR) is 125 cm³/mol. The van der Waals surface area contributed by atoms with Crippen molar-refractivity contribution in [2.45, 2.75) is 36.8 Å². The Morgan fingerprint density at radius 1 is 1.00 bits per heavy atom. The van der Waals surface area contributed by atoms with Crippen LogP contribution >= 0.6 is 23.2 Å². The zero-order chi connectivity index (χ0) is 25.2. The highest BCUT2D eigenvalue weighted by atomic mass is 35.5. The lowest BCUT2D eigenvalue weighted by atomic mass is 9.43. The number of hydrogen-bond acceptors (Lipinski definition) is 5. The topological polar surface area (TPSA) is 88.1 Å². The van der Waals surface area contributed by atoms with Crippen LogP contribution in [0.4, 0.5) is 8.78 Å². The average molecular weight is 529 g/mol. The van der Waals surface area contributed by atoms with E-state index in [0.29, 0.717) is 38.0 Å². The first-order valence-corrected chi connectivity index (χ1v) is 11.8. The number of nitrogens with one attached hydrogen (secondary N) is 1. The molecule has 3 fully saturated rings. The molecule has 2 bridgehead atoms. The first-order chi connectivity index (χ1) is 16.6. The predicted octanol–water partition coefficient (Wildman–Crippen LogP) is 4.30. The van der Waals surface area contributed by atoms with Crippen molar-refractivity contribution < 1.29 is 33.0 Å². The van der Waals surface area contributed by atoms with Crippen LogP contribution in [0.2, 0.25) is 10.0 Å². The van der Waals surface area contributed by atoms with E-state index < -0.39 is 17.6 Å². The number of benzene rings is 2. The molecule has 0 unspecified atom stereocenters. The zero-order valence-electron chi connectivity index (χ0n) is 18.7. The van der Waals surface area contributed by atoms with Crippen molar-refractivity contribution >= 4 is 35.1 Å². The van der Waals surface area contributed by atoms with Gasteiger partial charge >= 0.3 is 5.97 Å². The van der Waals surface area contributed by atoms with E-state index in [2.05, 4.69) is 5.32 Å². The van der Waals surface area contributed by atoms with Crippen molar-refractivity contribution in [3.8, 4) is 11.5 Å². The molecule has 2 aromatic carbocycles. The molecule has 11 heteroatoms. The Morgan fingerprint density at radius 3 is 2.11 bits per heavy atom. The van der Waals surface area contributed by atoms with Crippen LogP contribution in [-0.2, 0) is 9.59 Å². The zero-order valence-corrected chi connectivity index (χ0v) is 20.2. The molecule has 5 rings (SSSR count). The fourth-order valence-corrected chi connectivity index (χ4v) is 5.14. The molecule has 2 N–H and O–H groups in total. The SMILES string of the molecule is O=C(O)CN(CCCOc1ccc(Cl)c(F)c1)C12CC(NC(=O)COc3ccc(Cl)c(F)c3)(C1)C2. The quantitative estimate of drug-likeness (QED) is 0.399. The van der Waals surface area contributed by atoms with E-state index in [1.165, 1.54) is 24.3 Å². The Bertz CT molecular complexity index is 1110. The third-order valence-electron chi connectivity index (χ3n) is 6.40. The molecule has 0 aromatic heterocycles. The van der Waals surface area contributed by atoms with Crippen molar-refractivity contribution in [3.05, 3.63) is 58.1 Å². The van der Waals surface area contributed by atoms with Crippen LogP contribution in [0.3, 0.4) is 0 Å². The second-order valence-electron chi connectivity index (χ2n) is 9.04. The summed E-state index contributed by atoms with van der Waals surface area (Å²) in [6, 6.07) is 8.13. The van der Waals surface area contributed by atoms with Gasteiger partial charge in [0.15, 0.2) is 6.61 Å². The van der Waals surface area contributed by atoms with E-state index in [0.717, 1.165) is 6.07 Å². The molecule has 2 aromatic rings. The van der Waals surface area contributed by atoms with Crippen LogP contribution in [0.5, 0.6) is 11.5 Å². The number of carboxylic acids is 1. The number of rotatable bonds is 12. The van der Waals surface area contributed by atoms with Gasteiger partial charge < -0.3 is 19.9 Å². The first-order valence-electron chi connectivity index (χ1n) is 11.0. The summed E-state index contributed by atoms with van der Waals surface area (Å²) in [7, 11) is 0. The molecule has 35 heavy (non-hydrogen) atoms. The van der Waals surface area contributed by atoms with Crippen molar-refractivity contribution in [2.24, 2.45) is 0 Å². The molecular weight excluding hydrogens is 505 g/mol. The average Bonchev–Trinajstić information content (AvgIpc) is 2.75. The fraction of sp³-hybridized carbons (Fsp3) is 0.417. The molecule has 0 atom stereocenters. The molecule has 0 spiro atoms. The molecule has 3 saturated carbocycles. The van der Waals surface area contributed by atoms with Gasteiger partial charge in [-0.05, 0) is 49.9 Å². The van der Waals surface area contributed by atoms with E-state index in [1.54, 1.807) is 6.07 Å². The van der Waals surface area contributed by atoms with Crippen LogP contribution < -0.4 is 14.8 Å². The second-order valence-corrected chi connectivity index (χ2v) is 9.86. The summed E-state index contributed by atoms with van der Waals surface area (Å²) >= 11 is 11.3. The van der Waals surface area contributed by atoms with Crippen LogP contribution in [0.25, 0.3) is 0 Å². The number of ether oxygens (including phenoxy) is 2. The molecule has 0 heterocycles. The lowest BCUT2D eigenvalue weighted by Gasteiger charge is -2.73. The minimum atomic E-state index is -0.933. The standard InChI is InChI=1S/C24H24Cl2F2N2O5/c25-17-4-2-15(8-19(17)27)34-7-1-6-30(10-22(32)33)24-12-23(13-24,14-24)29-21(31)11-35-16-3-5-18(26)20(28)9-16/h2-5,8-9H,1,6-7,10-14H2,(H,29,31)(H,32,33). The van der Waals surface area contributed by atoms with E-state index in [-0.39, 0.29) is 52.5 Å². The van der Waals surface area contributed by atoms with Gasteiger partial charge in [0.2, 0.25) is 0 Å². The molecule has 0 aliphatic heterocycles. The largest absolute Gasteiger partial charge is 0.493 e. The van der Waals surface area contributed by atoms with E-state index >= 15 is 0 Å². The summed E-state index contributed by atoms with van der Waals surface area (Å²) < 4.78 is 37.9. The molecule has 1 amide bonds. The van der Waals surface area contributed by atoms with Crippen LogP contribution in [-0.4, -0.2) is 59.3 Å². The van der Waals surface area contributed by atoms with E-state index in [4.69, 9.17) is 32.7 Å². The fourth-order valence-electron chi connectivity index (χ4n) is 4.91. The van der Waals surface area contributed by atoms with Gasteiger partial charge in [-0.2, -0.15) is 0 Å². The van der Waals surface area contributed by atoms with Crippen LogP contribution in [0.1, 0.15) is 25.7 Å². The first kappa shape index (κ1) is 25.5. The minimum absolute atomic E-state index is 0.0139. The molecule has 3 aliphatic carbocycles. The third kappa shape index (κ3) is 5.79. The van der Waals surface area contributed by atoms with E-state index in [1.807, 2.05) is 4.90 Å². The molecule has 3 aliphatic rings. The smallest absolute Gasteiger partial charge is 0.317 e. The summed E-state index contributed by atoms with van der Waals surface area (Å²) in [5, 5.41) is 12.3. The van der Waals surface area contributed by atoms with Gasteiger partial charge in [0.1, 0.15) is 23.1 Å². The number of carbonyl (C=O) groups is 2. The highest BCUT2D eigenvalue weighted by molar-refractivity contribution is 6.31. The highest BCUT2D eigenvalue weighted by Crippen LogP contribution is 2.63. The highest BCUT2D eigenvalue weighted by Gasteiger charge is 2.70. The number of amides is 1. The molecule has 7 nitrogen and oxygen atoms in total. The van der Waals surface area contributed by atoms with Crippen LogP contribution in [0, 0.1) is 11.6 Å². The van der Waals surface area contributed by atoms with Gasteiger partial charge in [-0.3, -0.25) is 14.5 Å². The molecular formula is C24H24Cl2F2N2O5. The number of carbonyl (C=O) groups excluding carboxylic acids is 1. The lowest BCUT2D eigenvalue weighted by molar-refractivity contribution is -0.189. The van der Waals surface area contributed by atoms with Gasteiger partial charge in [0.25, 0.3) is 5.91 Å². The second kappa shape index (κ2) is 10.2. The molecule has 188 valence electrons. The Morgan fingerprint density at radius 2 is 1.57 bits per heavy atom. The van der Waals surface area contributed by atoms with Gasteiger partial charge in [-0.1, -0.05) is 23.2 Å². The maximum atomic E-state index is 13.5. The Kier molecular flexibility index (Phi) is 7.40. The minimum Gasteiger partial charge on any atom is -0.493 e. The van der Waals surface area contributed by atoms with Crippen LogP contribution in [0.15, 0.2) is 36.4 Å². The monoisotopic (exact) mass is 528 g/mol. The normalized spacial score (nSPS) is 22.2. The van der Waals surface area contributed by atoms with Crippen molar-refractivity contribution in [1.82, 2.24) is 10.2 Å². The Hall–Kier alpha value is -2.62. The van der Waals surface area contributed by atoms with Gasteiger partial charge in [-0.15, -0.1) is 0 Å². The lowest BCUT2D eigenvalue weighted by Crippen LogP contribution is -2.84. The van der Waals surface area contributed by atoms with Gasteiger partial charge in [0, 0.05) is 29.8 Å². The number of hydrogen-bond donors (Lipinski definition) is 2. The molecule has 0 saturated heterocycles. The van der Waals surface area contributed by atoms with Gasteiger partial charge in [0.05, 0.1) is 23.2 Å². The maximum absolute atomic E-state index is 13.5. The number of nitrogens with zero attached hydrogens (tertiary/aromatic N) is 1. The number of halogens is 4. The van der Waals surface area contributed by atoms with Gasteiger partial charge in [-0.25, -0.2) is 8.78 Å². The third-order valence-corrected chi connectivity index (χ3v) is 7.01. The molecule has 0 radical (unpaired) electrons. The van der Waals surface area contributed by atoms with Crippen molar-refractivity contribution in [3.63, 3.8) is 0 Å². The summed E-state index contributed by atoms with van der Waals surface area (Å²) in [6.07, 6.45) is 2.46. The number of carboxylic acid groups (broad SMARTS) is 1. The van der Waals surface area contributed by atoms with Crippen molar-refractivity contribution in [1.29, 1.82) is 0 Å². The Balaban J connectivity index is 1.22. The summed E-state index contributed by atoms with van der Waals surface area (Å²) in [6.45, 7) is 0.386.